The molecular formula is C32H51BrO3. The van der Waals surface area contributed by atoms with E-state index in [0.717, 1.165) is 6.42 Å². The van der Waals surface area contributed by atoms with E-state index in [1.54, 1.807) is 0 Å². The lowest BCUT2D eigenvalue weighted by Gasteiger charge is -2.73. The molecule has 0 saturated heterocycles. The molecule has 5 saturated carbocycles. The standard InChI is InChI=1S/C32H51BrO3/c1-20(2)21-10-15-32(19-34)17-16-30(6)22(27(21)32)8-9-24-29(5)13-12-25(36-26(35)18-33)28(3,4)23(29)11-14-31(24,30)7/h21-25,27,34H,1,8-19H2,2-7H3/t21?,22?,23?,24?,25-,27?,29-,30+,31+,32?/m0/s1. The molecule has 0 heterocycles. The number of aliphatic hydroxyl groups excluding tert-OH is 1. The van der Waals surface area contributed by atoms with Gasteiger partial charge < -0.3 is 9.84 Å². The Morgan fingerprint density at radius 1 is 0.917 bits per heavy atom. The molecule has 0 aromatic rings. The number of hydrogen-bond donors (Lipinski definition) is 1. The van der Waals surface area contributed by atoms with E-state index in [2.05, 4.69) is 64.1 Å². The molecule has 10 atom stereocenters. The molecule has 0 aliphatic heterocycles. The molecule has 6 unspecified atom stereocenters. The van der Waals surface area contributed by atoms with Crippen LogP contribution in [-0.2, 0) is 9.53 Å². The number of esters is 1. The highest BCUT2D eigenvalue weighted by Crippen LogP contribution is 2.77. The molecule has 4 heteroatoms. The van der Waals surface area contributed by atoms with Crippen molar-refractivity contribution in [1.29, 1.82) is 0 Å². The minimum absolute atomic E-state index is 0.000972. The third-order valence-corrected chi connectivity index (χ3v) is 14.3. The van der Waals surface area contributed by atoms with Crippen molar-refractivity contribution in [3.63, 3.8) is 0 Å². The van der Waals surface area contributed by atoms with Crippen LogP contribution >= 0.6 is 15.9 Å². The molecule has 0 aromatic carbocycles. The Labute approximate surface area is 228 Å². The quantitative estimate of drug-likeness (QED) is 0.215. The lowest BCUT2D eigenvalue weighted by atomic mass is 9.32. The maximum absolute atomic E-state index is 12.2. The first-order valence-electron chi connectivity index (χ1n) is 14.8. The molecule has 1 N–H and O–H groups in total. The fourth-order valence-electron chi connectivity index (χ4n) is 11.9. The van der Waals surface area contributed by atoms with Crippen LogP contribution in [0.15, 0.2) is 12.2 Å². The number of allylic oxidation sites excluding steroid dienone is 1. The van der Waals surface area contributed by atoms with Crippen molar-refractivity contribution in [3.8, 4) is 0 Å². The predicted octanol–water partition coefficient (Wildman–Crippen LogP) is 7.94. The van der Waals surface area contributed by atoms with Crippen molar-refractivity contribution in [1.82, 2.24) is 0 Å². The van der Waals surface area contributed by atoms with Crippen LogP contribution in [0, 0.1) is 56.7 Å². The van der Waals surface area contributed by atoms with Gasteiger partial charge in [0, 0.05) is 12.0 Å². The van der Waals surface area contributed by atoms with Crippen LogP contribution in [0.2, 0.25) is 0 Å². The molecule has 0 amide bonds. The normalized spacial score (nSPS) is 51.3. The molecule has 0 spiro atoms. The minimum Gasteiger partial charge on any atom is -0.461 e. The second-order valence-corrected chi connectivity index (χ2v) is 15.7. The number of ether oxygens (including phenoxy) is 1. The number of hydrogen-bond acceptors (Lipinski definition) is 3. The summed E-state index contributed by atoms with van der Waals surface area (Å²) in [7, 11) is 0. The molecule has 5 rings (SSSR count). The van der Waals surface area contributed by atoms with Crippen LogP contribution in [0.25, 0.3) is 0 Å². The maximum Gasteiger partial charge on any atom is 0.316 e. The van der Waals surface area contributed by atoms with Crippen LogP contribution in [0.1, 0.15) is 106 Å². The van der Waals surface area contributed by atoms with Crippen LogP contribution in [0.4, 0.5) is 0 Å². The topological polar surface area (TPSA) is 46.5 Å². The largest absolute Gasteiger partial charge is 0.461 e. The molecule has 0 radical (unpaired) electrons. The fourth-order valence-corrected chi connectivity index (χ4v) is 12.1. The van der Waals surface area contributed by atoms with E-state index in [9.17, 15) is 9.90 Å². The zero-order chi connectivity index (χ0) is 26.3. The lowest BCUT2D eigenvalue weighted by molar-refractivity contribution is -0.251. The molecule has 0 bridgehead atoms. The number of carbonyl (C=O) groups excluding carboxylic acids is 1. The van der Waals surface area contributed by atoms with Crippen LogP contribution in [0.3, 0.4) is 0 Å². The fraction of sp³-hybridized carbons (Fsp3) is 0.906. The Morgan fingerprint density at radius 2 is 1.64 bits per heavy atom. The molecule has 204 valence electrons. The first-order valence-corrected chi connectivity index (χ1v) is 15.9. The zero-order valence-corrected chi connectivity index (χ0v) is 25.4. The second kappa shape index (κ2) is 8.83. The van der Waals surface area contributed by atoms with E-state index in [1.165, 1.54) is 63.4 Å². The van der Waals surface area contributed by atoms with Crippen molar-refractivity contribution in [2.45, 2.75) is 112 Å². The minimum atomic E-state index is -0.122. The number of alkyl halides is 1. The zero-order valence-electron chi connectivity index (χ0n) is 23.8. The third kappa shape index (κ3) is 3.47. The van der Waals surface area contributed by atoms with Crippen molar-refractivity contribution in [3.05, 3.63) is 12.2 Å². The van der Waals surface area contributed by atoms with E-state index in [4.69, 9.17) is 4.74 Å². The maximum atomic E-state index is 12.2. The predicted molar refractivity (Wildman–Crippen MR) is 150 cm³/mol. The number of aliphatic hydroxyl groups is 1. The van der Waals surface area contributed by atoms with Gasteiger partial charge in [0.2, 0.25) is 0 Å². The average Bonchev–Trinajstić information content (AvgIpc) is 3.22. The summed E-state index contributed by atoms with van der Waals surface area (Å²) in [6.45, 7) is 19.8. The second-order valence-electron chi connectivity index (χ2n) is 15.2. The van der Waals surface area contributed by atoms with Gasteiger partial charge in [0.1, 0.15) is 11.4 Å². The lowest BCUT2D eigenvalue weighted by Crippen LogP contribution is -2.67. The van der Waals surface area contributed by atoms with E-state index in [-0.39, 0.29) is 33.6 Å². The van der Waals surface area contributed by atoms with Crippen LogP contribution < -0.4 is 0 Å². The highest BCUT2D eigenvalue weighted by atomic mass is 79.9. The molecule has 5 aliphatic carbocycles. The SMILES string of the molecule is C=C(C)C1CCC2(CO)CC[C@]3(C)C(CCC4[C@@]5(C)CC[C@H](OC(=O)CBr)C(C)(C)C5CC[C@]43C)C12. The van der Waals surface area contributed by atoms with Crippen molar-refractivity contribution in [2.24, 2.45) is 56.7 Å². The van der Waals surface area contributed by atoms with Crippen molar-refractivity contribution < 1.29 is 14.6 Å². The number of fused-ring (bicyclic) bond motifs is 7. The summed E-state index contributed by atoms with van der Waals surface area (Å²) in [6, 6.07) is 0. The molecule has 36 heavy (non-hydrogen) atoms. The summed E-state index contributed by atoms with van der Waals surface area (Å²) in [6.07, 6.45) is 12.2. The monoisotopic (exact) mass is 562 g/mol. The van der Waals surface area contributed by atoms with Gasteiger partial charge in [-0.15, -0.1) is 0 Å². The van der Waals surface area contributed by atoms with Gasteiger partial charge in [-0.25, -0.2) is 0 Å². The summed E-state index contributed by atoms with van der Waals surface area (Å²) in [5.41, 5.74) is 2.39. The van der Waals surface area contributed by atoms with Gasteiger partial charge in [-0.1, -0.05) is 62.7 Å². The van der Waals surface area contributed by atoms with E-state index in [1.807, 2.05) is 0 Å². The first-order chi connectivity index (χ1) is 16.8. The number of halogens is 1. The first kappa shape index (κ1) is 27.2. The van der Waals surface area contributed by atoms with Crippen molar-refractivity contribution in [2.75, 3.05) is 11.9 Å². The highest BCUT2D eigenvalue weighted by Gasteiger charge is 2.71. The number of rotatable bonds is 4. The molecular weight excluding hydrogens is 512 g/mol. The Morgan fingerprint density at radius 3 is 2.28 bits per heavy atom. The van der Waals surface area contributed by atoms with E-state index < -0.39 is 0 Å². The van der Waals surface area contributed by atoms with Crippen LogP contribution in [0.5, 0.6) is 0 Å². The van der Waals surface area contributed by atoms with Gasteiger partial charge in [0.15, 0.2) is 0 Å². The summed E-state index contributed by atoms with van der Waals surface area (Å²) in [5, 5.41) is 11.0. The van der Waals surface area contributed by atoms with Gasteiger partial charge >= 0.3 is 5.97 Å². The molecule has 5 aliphatic rings. The summed E-state index contributed by atoms with van der Waals surface area (Å²) in [5.74, 6) is 3.03. The summed E-state index contributed by atoms with van der Waals surface area (Å²) >= 11 is 3.30. The van der Waals surface area contributed by atoms with Gasteiger partial charge in [-0.3, -0.25) is 4.79 Å². The summed E-state index contributed by atoms with van der Waals surface area (Å²) < 4.78 is 6.00. The molecule has 0 aromatic heterocycles. The van der Waals surface area contributed by atoms with Gasteiger partial charge in [0.05, 0.1) is 0 Å². The van der Waals surface area contributed by atoms with E-state index in [0.29, 0.717) is 47.0 Å². The Hall–Kier alpha value is -0.350. The third-order valence-electron chi connectivity index (χ3n) is 13.9. The average molecular weight is 564 g/mol. The Kier molecular flexibility index (Phi) is 6.68. The van der Waals surface area contributed by atoms with E-state index >= 15 is 0 Å². The van der Waals surface area contributed by atoms with Crippen molar-refractivity contribution >= 4 is 21.9 Å². The Balaban J connectivity index is 1.49. The van der Waals surface area contributed by atoms with Crippen LogP contribution in [-0.4, -0.2) is 29.1 Å². The highest BCUT2D eigenvalue weighted by molar-refractivity contribution is 9.09. The van der Waals surface area contributed by atoms with Gasteiger partial charge in [0.25, 0.3) is 0 Å². The summed E-state index contributed by atoms with van der Waals surface area (Å²) in [4.78, 5) is 12.2. The number of carbonyl (C=O) groups is 1. The van der Waals surface area contributed by atoms with Gasteiger partial charge in [-0.05, 0) is 122 Å². The molecule has 3 nitrogen and oxygen atoms in total. The Bertz CT molecular complexity index is 913. The smallest absolute Gasteiger partial charge is 0.316 e. The molecule has 5 fully saturated rings. The van der Waals surface area contributed by atoms with Gasteiger partial charge in [-0.2, -0.15) is 0 Å².